The summed E-state index contributed by atoms with van der Waals surface area (Å²) in [5.74, 6) is -0.179. The van der Waals surface area contributed by atoms with Gasteiger partial charge in [0.25, 0.3) is 0 Å². The normalized spacial score (nSPS) is 13.4. The highest BCUT2D eigenvalue weighted by atomic mass is 19.1. The van der Waals surface area contributed by atoms with E-state index in [9.17, 15) is 4.39 Å². The van der Waals surface area contributed by atoms with Crippen LogP contribution in [0.1, 0.15) is 28.7 Å². The molecule has 0 bridgehead atoms. The van der Waals surface area contributed by atoms with Crippen LogP contribution in [0, 0.1) is 12.7 Å². The molecule has 2 heteroatoms. The maximum Gasteiger partial charge on any atom is 0.146 e. The Morgan fingerprint density at radius 3 is 2.74 bits per heavy atom. The van der Waals surface area contributed by atoms with E-state index >= 15 is 0 Å². The van der Waals surface area contributed by atoms with Gasteiger partial charge in [-0.15, -0.1) is 0 Å². The molecule has 0 atom stereocenters. The zero-order valence-corrected chi connectivity index (χ0v) is 11.2. The number of benzene rings is 2. The summed E-state index contributed by atoms with van der Waals surface area (Å²) >= 11 is 0. The lowest BCUT2D eigenvalue weighted by atomic mass is 10.1. The topological polar surface area (TPSA) is 12.0 Å². The molecule has 2 aromatic carbocycles. The van der Waals surface area contributed by atoms with Crippen LogP contribution < -0.4 is 5.32 Å². The smallest absolute Gasteiger partial charge is 0.146 e. The van der Waals surface area contributed by atoms with Gasteiger partial charge in [-0.05, 0) is 60.6 Å². The standard InChI is InChI=1S/C17H18FN/c1-12-5-8-17(16(18)9-12)19-11-13-6-7-14-3-2-4-15(14)10-13/h5-10,19H,2-4,11H2,1H3. The van der Waals surface area contributed by atoms with Crippen molar-refractivity contribution >= 4 is 5.69 Å². The van der Waals surface area contributed by atoms with Crippen LogP contribution in [-0.4, -0.2) is 0 Å². The lowest BCUT2D eigenvalue weighted by Crippen LogP contribution is -2.02. The van der Waals surface area contributed by atoms with Crippen molar-refractivity contribution in [3.63, 3.8) is 0 Å². The minimum absolute atomic E-state index is 0.179. The molecular formula is C17H18FN. The Morgan fingerprint density at radius 1 is 1.05 bits per heavy atom. The van der Waals surface area contributed by atoms with Crippen molar-refractivity contribution in [2.75, 3.05) is 5.32 Å². The largest absolute Gasteiger partial charge is 0.379 e. The predicted octanol–water partition coefficient (Wildman–Crippen LogP) is 4.23. The van der Waals surface area contributed by atoms with Gasteiger partial charge in [0.15, 0.2) is 0 Å². The number of hydrogen-bond donors (Lipinski definition) is 1. The van der Waals surface area contributed by atoms with E-state index in [1.54, 1.807) is 12.1 Å². The molecule has 0 aromatic heterocycles. The molecule has 98 valence electrons. The van der Waals surface area contributed by atoms with Crippen molar-refractivity contribution in [2.24, 2.45) is 0 Å². The zero-order chi connectivity index (χ0) is 13.2. The summed E-state index contributed by atoms with van der Waals surface area (Å²) in [4.78, 5) is 0. The van der Waals surface area contributed by atoms with Crippen LogP contribution in [0.4, 0.5) is 10.1 Å². The highest BCUT2D eigenvalue weighted by Gasteiger charge is 2.10. The van der Waals surface area contributed by atoms with E-state index in [1.165, 1.54) is 36.0 Å². The number of halogens is 1. The quantitative estimate of drug-likeness (QED) is 0.865. The molecule has 0 aliphatic heterocycles. The Labute approximate surface area is 113 Å². The fourth-order valence-electron chi connectivity index (χ4n) is 2.70. The average Bonchev–Trinajstić information content (AvgIpc) is 2.85. The van der Waals surface area contributed by atoms with E-state index < -0.39 is 0 Å². The first-order valence-corrected chi connectivity index (χ1v) is 6.83. The van der Waals surface area contributed by atoms with Crippen LogP contribution in [-0.2, 0) is 19.4 Å². The van der Waals surface area contributed by atoms with Crippen LogP contribution >= 0.6 is 0 Å². The van der Waals surface area contributed by atoms with Gasteiger partial charge in [-0.1, -0.05) is 24.3 Å². The molecule has 1 aliphatic rings. The van der Waals surface area contributed by atoms with Crippen molar-refractivity contribution in [1.29, 1.82) is 0 Å². The summed E-state index contributed by atoms with van der Waals surface area (Å²) in [6, 6.07) is 11.9. The lowest BCUT2D eigenvalue weighted by molar-refractivity contribution is 0.629. The number of anilines is 1. The monoisotopic (exact) mass is 255 g/mol. The van der Waals surface area contributed by atoms with Crippen molar-refractivity contribution in [3.8, 4) is 0 Å². The Kier molecular flexibility index (Phi) is 3.24. The number of nitrogens with one attached hydrogen (secondary N) is 1. The van der Waals surface area contributed by atoms with Crippen LogP contribution in [0.15, 0.2) is 36.4 Å². The molecular weight excluding hydrogens is 237 g/mol. The summed E-state index contributed by atoms with van der Waals surface area (Å²) in [5.41, 5.74) is 5.68. The third-order valence-corrected chi connectivity index (χ3v) is 3.77. The van der Waals surface area contributed by atoms with Gasteiger partial charge in [-0.2, -0.15) is 0 Å². The second-order valence-electron chi connectivity index (χ2n) is 5.29. The summed E-state index contributed by atoms with van der Waals surface area (Å²) in [6.45, 7) is 2.57. The molecule has 2 aromatic rings. The van der Waals surface area contributed by atoms with Gasteiger partial charge in [0.2, 0.25) is 0 Å². The minimum Gasteiger partial charge on any atom is -0.379 e. The molecule has 19 heavy (non-hydrogen) atoms. The van der Waals surface area contributed by atoms with Crippen LogP contribution in [0.3, 0.4) is 0 Å². The summed E-state index contributed by atoms with van der Waals surface area (Å²) in [6.07, 6.45) is 3.65. The Hall–Kier alpha value is -1.83. The van der Waals surface area contributed by atoms with E-state index in [-0.39, 0.29) is 5.82 Å². The molecule has 0 spiro atoms. The Bertz CT molecular complexity index is 604. The Balaban J connectivity index is 1.72. The van der Waals surface area contributed by atoms with Gasteiger partial charge in [-0.3, -0.25) is 0 Å². The molecule has 1 nitrogen and oxygen atoms in total. The van der Waals surface area contributed by atoms with Gasteiger partial charge < -0.3 is 5.32 Å². The highest BCUT2D eigenvalue weighted by molar-refractivity contribution is 5.47. The zero-order valence-electron chi connectivity index (χ0n) is 11.2. The van der Waals surface area contributed by atoms with Gasteiger partial charge in [0.05, 0.1) is 5.69 Å². The summed E-state index contributed by atoms with van der Waals surface area (Å²) in [7, 11) is 0. The van der Waals surface area contributed by atoms with E-state index in [4.69, 9.17) is 0 Å². The van der Waals surface area contributed by atoms with Crippen molar-refractivity contribution in [2.45, 2.75) is 32.7 Å². The highest BCUT2D eigenvalue weighted by Crippen LogP contribution is 2.23. The first kappa shape index (κ1) is 12.2. The molecule has 0 radical (unpaired) electrons. The summed E-state index contributed by atoms with van der Waals surface area (Å²) in [5, 5.41) is 3.17. The predicted molar refractivity (Wildman–Crippen MR) is 76.9 cm³/mol. The average molecular weight is 255 g/mol. The first-order chi connectivity index (χ1) is 9.22. The number of hydrogen-bond acceptors (Lipinski definition) is 1. The maximum absolute atomic E-state index is 13.7. The Morgan fingerprint density at radius 2 is 1.89 bits per heavy atom. The molecule has 0 fully saturated rings. The van der Waals surface area contributed by atoms with Crippen LogP contribution in [0.25, 0.3) is 0 Å². The van der Waals surface area contributed by atoms with Gasteiger partial charge in [-0.25, -0.2) is 4.39 Å². The fraction of sp³-hybridized carbons (Fsp3) is 0.294. The third-order valence-electron chi connectivity index (χ3n) is 3.77. The first-order valence-electron chi connectivity index (χ1n) is 6.83. The molecule has 1 N–H and O–H groups in total. The molecule has 0 amide bonds. The van der Waals surface area contributed by atoms with Crippen LogP contribution in [0.2, 0.25) is 0 Å². The molecule has 0 saturated carbocycles. The number of rotatable bonds is 3. The molecule has 0 saturated heterocycles. The molecule has 3 rings (SSSR count). The molecule has 1 aliphatic carbocycles. The summed E-state index contributed by atoms with van der Waals surface area (Å²) < 4.78 is 13.7. The van der Waals surface area contributed by atoms with Crippen LogP contribution in [0.5, 0.6) is 0 Å². The maximum atomic E-state index is 13.7. The van der Waals surface area contributed by atoms with Crippen molar-refractivity contribution in [1.82, 2.24) is 0 Å². The lowest BCUT2D eigenvalue weighted by Gasteiger charge is -2.09. The minimum atomic E-state index is -0.179. The fourth-order valence-corrected chi connectivity index (χ4v) is 2.70. The number of fused-ring (bicyclic) bond motifs is 1. The van der Waals surface area contributed by atoms with E-state index in [2.05, 4.69) is 23.5 Å². The van der Waals surface area contributed by atoms with E-state index in [0.29, 0.717) is 12.2 Å². The second kappa shape index (κ2) is 5.04. The van der Waals surface area contributed by atoms with E-state index in [1.807, 2.05) is 13.0 Å². The number of aryl methyl sites for hydroxylation is 3. The molecule has 0 heterocycles. The van der Waals surface area contributed by atoms with Crippen molar-refractivity contribution in [3.05, 3.63) is 64.5 Å². The van der Waals surface area contributed by atoms with Gasteiger partial charge >= 0.3 is 0 Å². The van der Waals surface area contributed by atoms with Gasteiger partial charge in [0.1, 0.15) is 5.82 Å². The van der Waals surface area contributed by atoms with E-state index in [0.717, 1.165) is 5.56 Å². The van der Waals surface area contributed by atoms with Crippen molar-refractivity contribution < 1.29 is 4.39 Å². The molecule has 0 unspecified atom stereocenters. The SMILES string of the molecule is Cc1ccc(NCc2ccc3c(c2)CCC3)c(F)c1. The third kappa shape index (κ3) is 2.62. The van der Waals surface area contributed by atoms with Gasteiger partial charge in [0, 0.05) is 6.54 Å². The second-order valence-corrected chi connectivity index (χ2v) is 5.29.